The van der Waals surface area contributed by atoms with Crippen LogP contribution in [-0.4, -0.2) is 53.4 Å². The highest BCUT2D eigenvalue weighted by molar-refractivity contribution is 6.00. The van der Waals surface area contributed by atoms with E-state index in [1.54, 1.807) is 6.07 Å². The molecule has 20 heavy (non-hydrogen) atoms. The number of aromatic carboxylic acids is 1. The number of methoxy groups -OCH3 is 1. The molecule has 7 nitrogen and oxygen atoms in total. The minimum Gasteiger partial charge on any atom is -0.497 e. The van der Waals surface area contributed by atoms with Gasteiger partial charge < -0.3 is 25.2 Å². The number of carboxylic acid groups (broad SMARTS) is 1. The molecule has 2 amide bonds. The van der Waals surface area contributed by atoms with Crippen molar-refractivity contribution in [1.29, 1.82) is 0 Å². The van der Waals surface area contributed by atoms with Crippen molar-refractivity contribution >= 4 is 17.7 Å². The number of rotatable bonds is 3. The molecule has 1 saturated heterocycles. The Morgan fingerprint density at radius 1 is 1.45 bits per heavy atom. The summed E-state index contributed by atoms with van der Waals surface area (Å²) >= 11 is 0. The van der Waals surface area contributed by atoms with Crippen molar-refractivity contribution in [2.45, 2.75) is 12.5 Å². The highest BCUT2D eigenvalue weighted by Crippen LogP contribution is 2.23. The van der Waals surface area contributed by atoms with Crippen LogP contribution in [0.3, 0.4) is 0 Å². The van der Waals surface area contributed by atoms with Crippen LogP contribution in [0.25, 0.3) is 0 Å². The van der Waals surface area contributed by atoms with E-state index in [1.165, 1.54) is 24.1 Å². The summed E-state index contributed by atoms with van der Waals surface area (Å²) in [6.45, 7) is 0.704. The van der Waals surface area contributed by atoms with Crippen molar-refractivity contribution in [3.05, 3.63) is 23.8 Å². The predicted molar refractivity (Wildman–Crippen MR) is 71.2 cm³/mol. The van der Waals surface area contributed by atoms with Crippen LogP contribution in [0.15, 0.2) is 18.2 Å². The van der Waals surface area contributed by atoms with Crippen LogP contribution < -0.4 is 10.1 Å². The molecule has 108 valence electrons. The highest BCUT2D eigenvalue weighted by atomic mass is 16.5. The molecule has 1 aromatic rings. The molecule has 1 fully saturated rings. The summed E-state index contributed by atoms with van der Waals surface area (Å²) in [6, 6.07) is 3.97. The minimum atomic E-state index is -1.15. The molecule has 0 bridgehead atoms. The van der Waals surface area contributed by atoms with Crippen molar-refractivity contribution in [2.24, 2.45) is 0 Å². The molecule has 3 N–H and O–H groups in total. The molecule has 1 aliphatic rings. The number of hydrogen-bond acceptors (Lipinski definition) is 4. The average molecular weight is 280 g/mol. The van der Waals surface area contributed by atoms with Gasteiger partial charge in [-0.3, -0.25) is 0 Å². The lowest BCUT2D eigenvalue weighted by Crippen LogP contribution is -2.34. The smallest absolute Gasteiger partial charge is 0.337 e. The van der Waals surface area contributed by atoms with Crippen molar-refractivity contribution in [3.8, 4) is 5.75 Å². The van der Waals surface area contributed by atoms with Gasteiger partial charge in [-0.25, -0.2) is 9.59 Å². The van der Waals surface area contributed by atoms with E-state index >= 15 is 0 Å². The van der Waals surface area contributed by atoms with Crippen LogP contribution >= 0.6 is 0 Å². The number of β-amino-alcohol motifs (C(OH)–C–C–N with tert-alkyl or cyclic N) is 1. The maximum Gasteiger partial charge on any atom is 0.337 e. The Labute approximate surface area is 115 Å². The van der Waals surface area contributed by atoms with Crippen LogP contribution in [-0.2, 0) is 0 Å². The number of hydrogen-bond donors (Lipinski definition) is 3. The average Bonchev–Trinajstić information content (AvgIpc) is 2.85. The Hall–Kier alpha value is -2.28. The van der Waals surface area contributed by atoms with Gasteiger partial charge in [0.25, 0.3) is 0 Å². The zero-order valence-corrected chi connectivity index (χ0v) is 11.0. The molecule has 1 heterocycles. The number of benzene rings is 1. The second kappa shape index (κ2) is 5.79. The Morgan fingerprint density at radius 2 is 2.20 bits per heavy atom. The fourth-order valence-corrected chi connectivity index (χ4v) is 2.06. The van der Waals surface area contributed by atoms with Crippen LogP contribution in [0, 0.1) is 0 Å². The fraction of sp³-hybridized carbons (Fsp3) is 0.385. The summed E-state index contributed by atoms with van der Waals surface area (Å²) in [5, 5.41) is 21.1. The predicted octanol–water partition coefficient (Wildman–Crippen LogP) is 0.992. The molecule has 0 aromatic heterocycles. The van der Waals surface area contributed by atoms with Gasteiger partial charge in [0.05, 0.1) is 24.5 Å². The van der Waals surface area contributed by atoms with Gasteiger partial charge in [0, 0.05) is 13.1 Å². The quantitative estimate of drug-likeness (QED) is 0.767. The standard InChI is InChI=1S/C13H16N2O5/c1-20-9-2-3-11(10(6-9)12(17)18)14-13(19)15-5-4-8(16)7-15/h2-3,6,8,16H,4-5,7H2,1H3,(H,14,19)(H,17,18). The number of aliphatic hydroxyl groups excluding tert-OH is 1. The zero-order chi connectivity index (χ0) is 14.7. The molecule has 1 unspecified atom stereocenters. The number of nitrogens with zero attached hydrogens (tertiary/aromatic N) is 1. The van der Waals surface area contributed by atoms with Crippen molar-refractivity contribution in [2.75, 3.05) is 25.5 Å². The number of anilines is 1. The first kappa shape index (κ1) is 14.1. The molecular weight excluding hydrogens is 264 g/mol. The summed E-state index contributed by atoms with van der Waals surface area (Å²) < 4.78 is 4.96. The fourth-order valence-electron chi connectivity index (χ4n) is 2.06. The summed E-state index contributed by atoms with van der Waals surface area (Å²) in [7, 11) is 1.44. The van der Waals surface area contributed by atoms with Crippen molar-refractivity contribution < 1.29 is 24.5 Å². The monoisotopic (exact) mass is 280 g/mol. The second-order valence-electron chi connectivity index (χ2n) is 4.54. The van der Waals surface area contributed by atoms with E-state index in [0.29, 0.717) is 18.7 Å². The van der Waals surface area contributed by atoms with E-state index in [0.717, 1.165) is 0 Å². The third-order valence-electron chi connectivity index (χ3n) is 3.15. The van der Waals surface area contributed by atoms with Crippen LogP contribution in [0.4, 0.5) is 10.5 Å². The van der Waals surface area contributed by atoms with Gasteiger partial charge in [-0.2, -0.15) is 0 Å². The Balaban J connectivity index is 2.16. The number of ether oxygens (including phenoxy) is 1. The zero-order valence-electron chi connectivity index (χ0n) is 11.0. The number of amides is 2. The maximum absolute atomic E-state index is 12.0. The molecule has 0 radical (unpaired) electrons. The summed E-state index contributed by atoms with van der Waals surface area (Å²) in [4.78, 5) is 24.6. The number of nitrogens with one attached hydrogen (secondary N) is 1. The highest BCUT2D eigenvalue weighted by Gasteiger charge is 2.25. The Kier molecular flexibility index (Phi) is 4.09. The number of carbonyl (C=O) groups excluding carboxylic acids is 1. The molecule has 0 saturated carbocycles. The number of carboxylic acids is 1. The van der Waals surface area contributed by atoms with Gasteiger partial charge in [-0.15, -0.1) is 0 Å². The number of urea groups is 1. The van der Waals surface area contributed by atoms with Gasteiger partial charge >= 0.3 is 12.0 Å². The molecule has 7 heteroatoms. The molecule has 0 aliphatic carbocycles. The van der Waals surface area contributed by atoms with Gasteiger partial charge in [-0.05, 0) is 24.6 Å². The molecule has 1 aliphatic heterocycles. The lowest BCUT2D eigenvalue weighted by Gasteiger charge is -2.17. The maximum atomic E-state index is 12.0. The van der Waals surface area contributed by atoms with Gasteiger partial charge in [-0.1, -0.05) is 0 Å². The van der Waals surface area contributed by atoms with E-state index in [-0.39, 0.29) is 17.8 Å². The van der Waals surface area contributed by atoms with Gasteiger partial charge in [0.1, 0.15) is 5.75 Å². The number of likely N-dealkylation sites (tertiary alicyclic amines) is 1. The second-order valence-corrected chi connectivity index (χ2v) is 4.54. The van der Waals surface area contributed by atoms with Crippen LogP contribution in [0.1, 0.15) is 16.8 Å². The van der Waals surface area contributed by atoms with Crippen molar-refractivity contribution in [3.63, 3.8) is 0 Å². The molecule has 1 atom stereocenters. The van der Waals surface area contributed by atoms with Gasteiger partial charge in [0.15, 0.2) is 0 Å². The lowest BCUT2D eigenvalue weighted by molar-refractivity contribution is 0.0697. The van der Waals surface area contributed by atoms with Crippen molar-refractivity contribution in [1.82, 2.24) is 4.90 Å². The lowest BCUT2D eigenvalue weighted by atomic mass is 10.1. The normalized spacial score (nSPS) is 17.9. The summed E-state index contributed by atoms with van der Waals surface area (Å²) in [6.07, 6.45) is 0.0116. The third-order valence-corrected chi connectivity index (χ3v) is 3.15. The Morgan fingerprint density at radius 3 is 2.75 bits per heavy atom. The van der Waals surface area contributed by atoms with E-state index in [2.05, 4.69) is 5.32 Å². The first-order chi connectivity index (χ1) is 9.51. The summed E-state index contributed by atoms with van der Waals surface area (Å²) in [5.41, 5.74) is 0.155. The van der Waals surface area contributed by atoms with Crippen LogP contribution in [0.2, 0.25) is 0 Å². The molecule has 0 spiro atoms. The third kappa shape index (κ3) is 3.00. The molecule has 1 aromatic carbocycles. The van der Waals surface area contributed by atoms with E-state index in [1.807, 2.05) is 0 Å². The summed E-state index contributed by atoms with van der Waals surface area (Å²) in [5.74, 6) is -0.752. The Bertz CT molecular complexity index is 531. The molecule has 2 rings (SSSR count). The topological polar surface area (TPSA) is 99.1 Å². The van der Waals surface area contributed by atoms with Crippen LogP contribution in [0.5, 0.6) is 5.75 Å². The number of carbonyl (C=O) groups is 2. The van der Waals surface area contributed by atoms with Gasteiger partial charge in [0.2, 0.25) is 0 Å². The molecular formula is C13H16N2O5. The number of aliphatic hydroxyl groups is 1. The van der Waals surface area contributed by atoms with E-state index < -0.39 is 18.1 Å². The largest absolute Gasteiger partial charge is 0.497 e. The SMILES string of the molecule is COc1ccc(NC(=O)N2CCC(O)C2)c(C(=O)O)c1. The van der Waals surface area contributed by atoms with E-state index in [9.17, 15) is 14.7 Å². The first-order valence-electron chi connectivity index (χ1n) is 6.16. The first-order valence-corrected chi connectivity index (χ1v) is 6.16. The van der Waals surface area contributed by atoms with E-state index in [4.69, 9.17) is 9.84 Å². The minimum absolute atomic E-state index is 0.0440.